The number of quaternary nitrogens is 1. The molecule has 354 valence electrons. The molecule has 0 heterocycles. The summed E-state index contributed by atoms with van der Waals surface area (Å²) in [5.41, 5.74) is 0. The first-order chi connectivity index (χ1) is 30.6. The lowest BCUT2D eigenvalue weighted by molar-refractivity contribution is -0.870. The van der Waals surface area contributed by atoms with Crippen LogP contribution in [0, 0.1) is 0 Å². The molecule has 0 aromatic carbocycles. The van der Waals surface area contributed by atoms with Gasteiger partial charge in [0.2, 0.25) is 0 Å². The van der Waals surface area contributed by atoms with Crippen molar-refractivity contribution in [3.63, 3.8) is 0 Å². The maximum absolute atomic E-state index is 12.8. The van der Waals surface area contributed by atoms with Gasteiger partial charge in [-0.15, -0.1) is 0 Å². The fourth-order valence-corrected chi connectivity index (χ4v) is 5.59. The van der Waals surface area contributed by atoms with Gasteiger partial charge in [-0.05, 0) is 96.3 Å². The Balaban J connectivity index is 4.56. The molecule has 0 aliphatic rings. The molecule has 0 bridgehead atoms. The highest BCUT2D eigenvalue weighted by Crippen LogP contribution is 2.11. The lowest BCUT2D eigenvalue weighted by Crippen LogP contribution is -2.44. The van der Waals surface area contributed by atoms with Gasteiger partial charge in [-0.2, -0.15) is 0 Å². The summed E-state index contributed by atoms with van der Waals surface area (Å²) in [4.78, 5) is 37.1. The van der Waals surface area contributed by atoms with Gasteiger partial charge in [-0.3, -0.25) is 9.59 Å². The molecule has 0 aliphatic heterocycles. The van der Waals surface area contributed by atoms with E-state index in [4.69, 9.17) is 18.9 Å². The summed E-state index contributed by atoms with van der Waals surface area (Å²) < 4.78 is 22.5. The minimum atomic E-state index is -1.65. The Morgan fingerprint density at radius 2 is 0.873 bits per heavy atom. The first-order valence-corrected chi connectivity index (χ1v) is 23.7. The van der Waals surface area contributed by atoms with Crippen LogP contribution in [-0.4, -0.2) is 82.3 Å². The molecule has 0 radical (unpaired) electrons. The number of hydrogen-bond donors (Lipinski definition) is 0. The number of unbranched alkanes of at least 4 members (excludes halogenated alkanes) is 6. The molecule has 0 aromatic rings. The van der Waals surface area contributed by atoms with Gasteiger partial charge in [-0.1, -0.05) is 155 Å². The van der Waals surface area contributed by atoms with Gasteiger partial charge in [0.25, 0.3) is 0 Å². The molecule has 2 atom stereocenters. The van der Waals surface area contributed by atoms with Crippen LogP contribution in [0.15, 0.2) is 122 Å². The Bertz CT molecular complexity index is 1440. The van der Waals surface area contributed by atoms with Crippen molar-refractivity contribution in [2.24, 2.45) is 0 Å². The van der Waals surface area contributed by atoms with Gasteiger partial charge in [0, 0.05) is 12.8 Å². The number of nitrogens with zero attached hydrogens (tertiary/aromatic N) is 1. The maximum atomic E-state index is 12.8. The molecular formula is C54H85NO8. The van der Waals surface area contributed by atoms with Gasteiger partial charge in [0.1, 0.15) is 13.2 Å². The first-order valence-electron chi connectivity index (χ1n) is 23.7. The fraction of sp³-hybridized carbons (Fsp3) is 0.574. The number of carboxylic acid groups (broad SMARTS) is 1. The number of carbonyl (C=O) groups excluding carboxylic acids is 3. The van der Waals surface area contributed by atoms with Crippen molar-refractivity contribution in [1.29, 1.82) is 0 Å². The number of hydrogen-bond acceptors (Lipinski definition) is 8. The van der Waals surface area contributed by atoms with Crippen LogP contribution < -0.4 is 5.11 Å². The van der Waals surface area contributed by atoms with E-state index in [1.54, 1.807) is 0 Å². The highest BCUT2D eigenvalue weighted by Gasteiger charge is 2.21. The summed E-state index contributed by atoms with van der Waals surface area (Å²) >= 11 is 0. The quantitative estimate of drug-likeness (QED) is 0.0196. The minimum Gasteiger partial charge on any atom is -0.545 e. The highest BCUT2D eigenvalue weighted by molar-refractivity contribution is 5.70. The van der Waals surface area contributed by atoms with Gasteiger partial charge in [-0.25, -0.2) is 0 Å². The van der Waals surface area contributed by atoms with Crippen molar-refractivity contribution in [1.82, 2.24) is 0 Å². The van der Waals surface area contributed by atoms with Gasteiger partial charge in [0.05, 0.1) is 40.3 Å². The third kappa shape index (κ3) is 45.5. The van der Waals surface area contributed by atoms with E-state index in [-0.39, 0.29) is 32.7 Å². The number of carbonyl (C=O) groups is 3. The van der Waals surface area contributed by atoms with Crippen LogP contribution >= 0.6 is 0 Å². The number of allylic oxidation sites excluding steroid dienone is 20. The molecule has 0 fully saturated rings. The Hall–Kier alpha value is -4.31. The molecule has 0 N–H and O–H groups in total. The summed E-state index contributed by atoms with van der Waals surface area (Å²) in [5.74, 6) is -2.41. The van der Waals surface area contributed by atoms with Crippen LogP contribution in [0.2, 0.25) is 0 Å². The Labute approximate surface area is 383 Å². The molecule has 0 saturated carbocycles. The number of esters is 2. The average molecular weight is 876 g/mol. The second-order valence-electron chi connectivity index (χ2n) is 16.3. The van der Waals surface area contributed by atoms with Crippen molar-refractivity contribution in [3.05, 3.63) is 122 Å². The Kier molecular flexibility index (Phi) is 41.3. The number of carboxylic acids is 1. The van der Waals surface area contributed by atoms with Crippen LogP contribution in [0.3, 0.4) is 0 Å². The molecule has 9 nitrogen and oxygen atoms in total. The van der Waals surface area contributed by atoms with E-state index in [1.165, 1.54) is 0 Å². The monoisotopic (exact) mass is 876 g/mol. The van der Waals surface area contributed by atoms with E-state index in [2.05, 4.69) is 135 Å². The smallest absolute Gasteiger partial charge is 0.306 e. The van der Waals surface area contributed by atoms with E-state index >= 15 is 0 Å². The van der Waals surface area contributed by atoms with E-state index in [1.807, 2.05) is 21.1 Å². The summed E-state index contributed by atoms with van der Waals surface area (Å²) in [6.07, 6.45) is 58.1. The summed E-state index contributed by atoms with van der Waals surface area (Å²) in [5, 5.41) is 11.7. The summed E-state index contributed by atoms with van der Waals surface area (Å²) in [7, 11) is 5.87. The number of aliphatic carboxylic acids is 1. The molecule has 0 spiro atoms. The van der Waals surface area contributed by atoms with Crippen molar-refractivity contribution in [3.8, 4) is 0 Å². The normalized spacial score (nSPS) is 14.0. The lowest BCUT2D eigenvalue weighted by atomic mass is 10.1. The van der Waals surface area contributed by atoms with E-state index < -0.39 is 30.3 Å². The predicted molar refractivity (Wildman–Crippen MR) is 260 cm³/mol. The third-order valence-electron chi connectivity index (χ3n) is 9.20. The van der Waals surface area contributed by atoms with Crippen LogP contribution in [-0.2, 0) is 33.3 Å². The highest BCUT2D eigenvalue weighted by atomic mass is 16.7. The average Bonchev–Trinajstić information content (AvgIpc) is 3.24. The molecule has 2 unspecified atom stereocenters. The number of likely N-dealkylation sites (N-methyl/N-ethyl adjacent to an activating group) is 1. The molecule has 0 aliphatic carbocycles. The van der Waals surface area contributed by atoms with Crippen molar-refractivity contribution in [2.75, 3.05) is 47.5 Å². The predicted octanol–water partition coefficient (Wildman–Crippen LogP) is 11.7. The Morgan fingerprint density at radius 3 is 1.32 bits per heavy atom. The maximum Gasteiger partial charge on any atom is 0.306 e. The van der Waals surface area contributed by atoms with Crippen molar-refractivity contribution >= 4 is 17.9 Å². The summed E-state index contributed by atoms with van der Waals surface area (Å²) in [6, 6.07) is 0. The molecule has 0 aromatic heterocycles. The van der Waals surface area contributed by atoms with Crippen LogP contribution in [0.4, 0.5) is 0 Å². The molecule has 9 heteroatoms. The molecule has 0 rings (SSSR count). The zero-order chi connectivity index (χ0) is 46.3. The van der Waals surface area contributed by atoms with Gasteiger partial charge >= 0.3 is 11.9 Å². The third-order valence-corrected chi connectivity index (χ3v) is 9.20. The topological polar surface area (TPSA) is 111 Å². The van der Waals surface area contributed by atoms with Crippen molar-refractivity contribution in [2.45, 2.75) is 155 Å². The number of ether oxygens (including phenoxy) is 4. The van der Waals surface area contributed by atoms with Gasteiger partial charge in [0.15, 0.2) is 12.4 Å². The molecule has 0 amide bonds. The second kappa shape index (κ2) is 44.3. The largest absolute Gasteiger partial charge is 0.545 e. The van der Waals surface area contributed by atoms with Crippen LogP contribution in [0.5, 0.6) is 0 Å². The summed E-state index contributed by atoms with van der Waals surface area (Å²) in [6.45, 7) is 4.39. The van der Waals surface area contributed by atoms with Gasteiger partial charge < -0.3 is 33.3 Å². The lowest BCUT2D eigenvalue weighted by Gasteiger charge is -2.26. The zero-order valence-electron chi connectivity index (χ0n) is 39.9. The minimum absolute atomic E-state index is 0.127. The zero-order valence-corrected chi connectivity index (χ0v) is 39.9. The second-order valence-corrected chi connectivity index (χ2v) is 16.3. The fourth-order valence-electron chi connectivity index (χ4n) is 5.59. The number of rotatable bonds is 41. The Morgan fingerprint density at radius 1 is 0.476 bits per heavy atom. The molecular weight excluding hydrogens is 791 g/mol. The van der Waals surface area contributed by atoms with E-state index in [0.717, 1.165) is 103 Å². The van der Waals surface area contributed by atoms with E-state index in [9.17, 15) is 19.5 Å². The molecule has 0 saturated heterocycles. The van der Waals surface area contributed by atoms with Crippen LogP contribution in [0.25, 0.3) is 0 Å². The first kappa shape index (κ1) is 58.7. The van der Waals surface area contributed by atoms with Crippen molar-refractivity contribution < 1.29 is 42.9 Å². The van der Waals surface area contributed by atoms with E-state index in [0.29, 0.717) is 23.9 Å². The standard InChI is InChI=1S/C54H85NO8/c1-6-8-10-12-14-16-18-20-22-24-25-26-27-29-31-33-35-37-39-41-43-45-52(57)63-50(49-62-54(53(58)59)60-47-46-55(3,4)5)48-61-51(56)44-42-40-38-36-34-32-30-28-23-21-19-17-15-13-11-9-7-2/h8-11,14-17,20-23,25-26,29-32,36,38,50,54H,6-7,12-13,18-19,24,27-28,33-35,37,39-49H2,1-5H3/b10-8-,11-9-,16-14-,17-15-,22-20-,23-21-,26-25-,31-29-,32-30-,38-36-. The van der Waals surface area contributed by atoms with Crippen LogP contribution in [0.1, 0.15) is 142 Å². The molecule has 63 heavy (non-hydrogen) atoms. The SMILES string of the molecule is CC/C=C\C/C=C\C/C=C\C/C=C\C/C=C\CCCCCCCC(=O)OC(COC(=O)CCC/C=C\C/C=C\C/C=C\C/C=C\C/C=C\CC)COC(OCC[N+](C)(C)C)C(=O)[O-].